The molecular weight excluding hydrogens is 210 g/mol. The predicted molar refractivity (Wildman–Crippen MR) is 57.5 cm³/mol. The van der Waals surface area contributed by atoms with Crippen molar-refractivity contribution in [2.45, 2.75) is 19.4 Å². The molecular formula is C12H14F2N2. The van der Waals surface area contributed by atoms with E-state index in [-0.39, 0.29) is 0 Å². The molecule has 4 heteroatoms. The van der Waals surface area contributed by atoms with E-state index in [1.807, 2.05) is 11.9 Å². The van der Waals surface area contributed by atoms with Gasteiger partial charge in [-0.05, 0) is 26.1 Å². The van der Waals surface area contributed by atoms with Crippen molar-refractivity contribution in [2.75, 3.05) is 13.6 Å². The molecule has 0 aromatic heterocycles. The van der Waals surface area contributed by atoms with E-state index >= 15 is 0 Å². The van der Waals surface area contributed by atoms with Gasteiger partial charge in [0.25, 0.3) is 0 Å². The van der Waals surface area contributed by atoms with Gasteiger partial charge in [-0.15, -0.1) is 0 Å². The summed E-state index contributed by atoms with van der Waals surface area (Å²) in [5, 5.41) is 8.37. The Kier molecular flexibility index (Phi) is 4.87. The second kappa shape index (κ2) is 6.19. The van der Waals surface area contributed by atoms with Gasteiger partial charge in [-0.2, -0.15) is 5.26 Å². The van der Waals surface area contributed by atoms with Crippen molar-refractivity contribution in [3.8, 4) is 6.07 Å². The first kappa shape index (κ1) is 12.6. The van der Waals surface area contributed by atoms with Gasteiger partial charge in [-0.1, -0.05) is 6.07 Å². The summed E-state index contributed by atoms with van der Waals surface area (Å²) in [5.74, 6) is -1.08. The van der Waals surface area contributed by atoms with Crippen molar-refractivity contribution in [1.29, 1.82) is 5.26 Å². The first-order valence-electron chi connectivity index (χ1n) is 5.13. The summed E-state index contributed by atoms with van der Waals surface area (Å²) in [4.78, 5) is 1.91. The van der Waals surface area contributed by atoms with E-state index in [4.69, 9.17) is 5.26 Å². The van der Waals surface area contributed by atoms with E-state index in [2.05, 4.69) is 6.07 Å². The molecule has 0 fully saturated rings. The van der Waals surface area contributed by atoms with E-state index in [9.17, 15) is 8.78 Å². The quantitative estimate of drug-likeness (QED) is 0.719. The lowest BCUT2D eigenvalue weighted by molar-refractivity contribution is 0.318. The van der Waals surface area contributed by atoms with E-state index in [0.717, 1.165) is 19.0 Å². The molecule has 0 spiro atoms. The van der Waals surface area contributed by atoms with Crippen molar-refractivity contribution < 1.29 is 8.78 Å². The Hall–Kier alpha value is -1.47. The number of nitriles is 1. The molecule has 0 saturated heterocycles. The number of hydrogen-bond acceptors (Lipinski definition) is 2. The van der Waals surface area contributed by atoms with Crippen LogP contribution in [0.4, 0.5) is 8.78 Å². The highest BCUT2D eigenvalue weighted by molar-refractivity contribution is 5.18. The number of unbranched alkanes of at least 4 members (excludes halogenated alkanes) is 1. The van der Waals surface area contributed by atoms with Crippen molar-refractivity contribution >= 4 is 0 Å². The molecule has 0 radical (unpaired) electrons. The summed E-state index contributed by atoms with van der Waals surface area (Å²) in [5.41, 5.74) is 0.473. The molecule has 16 heavy (non-hydrogen) atoms. The van der Waals surface area contributed by atoms with E-state index < -0.39 is 11.6 Å². The lowest BCUT2D eigenvalue weighted by Crippen LogP contribution is -2.19. The SMILES string of the molecule is CN(CCCC#N)Cc1ccc(F)cc1F. The van der Waals surface area contributed by atoms with Crippen molar-refractivity contribution in [3.05, 3.63) is 35.4 Å². The number of hydrogen-bond donors (Lipinski definition) is 0. The Morgan fingerprint density at radius 3 is 2.75 bits per heavy atom. The van der Waals surface area contributed by atoms with Crippen LogP contribution in [0.25, 0.3) is 0 Å². The summed E-state index contributed by atoms with van der Waals surface area (Å²) in [6.07, 6.45) is 1.26. The first-order valence-corrected chi connectivity index (χ1v) is 5.13. The summed E-state index contributed by atoms with van der Waals surface area (Å²) in [6.45, 7) is 1.15. The van der Waals surface area contributed by atoms with Gasteiger partial charge in [0.05, 0.1) is 6.07 Å². The minimum Gasteiger partial charge on any atom is -0.302 e. The number of rotatable bonds is 5. The van der Waals surface area contributed by atoms with Crippen LogP contribution >= 0.6 is 0 Å². The Morgan fingerprint density at radius 2 is 2.12 bits per heavy atom. The largest absolute Gasteiger partial charge is 0.302 e. The van der Waals surface area contributed by atoms with Gasteiger partial charge in [0.1, 0.15) is 11.6 Å². The zero-order valence-electron chi connectivity index (χ0n) is 9.21. The normalized spacial score (nSPS) is 10.4. The number of benzene rings is 1. The summed E-state index contributed by atoms with van der Waals surface area (Å²) >= 11 is 0. The topological polar surface area (TPSA) is 27.0 Å². The van der Waals surface area contributed by atoms with Crippen molar-refractivity contribution in [2.24, 2.45) is 0 Å². The molecule has 86 valence electrons. The van der Waals surface area contributed by atoms with E-state index in [1.54, 1.807) is 0 Å². The molecule has 0 N–H and O–H groups in total. The van der Waals surface area contributed by atoms with Crippen LogP contribution in [0, 0.1) is 23.0 Å². The smallest absolute Gasteiger partial charge is 0.130 e. The fourth-order valence-corrected chi connectivity index (χ4v) is 1.45. The molecule has 2 nitrogen and oxygen atoms in total. The Labute approximate surface area is 94.1 Å². The van der Waals surface area contributed by atoms with E-state index in [0.29, 0.717) is 18.5 Å². The molecule has 0 aliphatic heterocycles. The summed E-state index contributed by atoms with van der Waals surface area (Å²) in [7, 11) is 1.85. The molecule has 0 aliphatic rings. The van der Waals surface area contributed by atoms with Crippen LogP contribution in [0.15, 0.2) is 18.2 Å². The Balaban J connectivity index is 2.50. The highest BCUT2D eigenvalue weighted by atomic mass is 19.1. The van der Waals surface area contributed by atoms with Crippen LogP contribution in [0.1, 0.15) is 18.4 Å². The average Bonchev–Trinajstić information content (AvgIpc) is 2.23. The number of halogens is 2. The molecule has 1 aromatic rings. The first-order chi connectivity index (χ1) is 7.63. The molecule has 1 rings (SSSR count). The average molecular weight is 224 g/mol. The second-order valence-electron chi connectivity index (χ2n) is 3.74. The summed E-state index contributed by atoms with van der Waals surface area (Å²) < 4.78 is 25.9. The van der Waals surface area contributed by atoms with Gasteiger partial charge in [0.2, 0.25) is 0 Å². The van der Waals surface area contributed by atoms with Gasteiger partial charge in [-0.3, -0.25) is 0 Å². The molecule has 0 amide bonds. The van der Waals surface area contributed by atoms with E-state index in [1.165, 1.54) is 12.1 Å². The van der Waals surface area contributed by atoms with Crippen molar-refractivity contribution in [3.63, 3.8) is 0 Å². The predicted octanol–water partition coefficient (Wildman–Crippen LogP) is 2.70. The molecule has 0 bridgehead atoms. The molecule has 0 heterocycles. The van der Waals surface area contributed by atoms with Crippen LogP contribution in [0.3, 0.4) is 0 Å². The van der Waals surface area contributed by atoms with Gasteiger partial charge < -0.3 is 4.90 Å². The minimum atomic E-state index is -0.562. The number of nitrogens with zero attached hydrogens (tertiary/aromatic N) is 2. The molecule has 1 aromatic carbocycles. The van der Waals surface area contributed by atoms with Crippen LogP contribution in [0.2, 0.25) is 0 Å². The maximum atomic E-state index is 13.3. The lowest BCUT2D eigenvalue weighted by Gasteiger charge is -2.16. The molecule has 0 saturated carbocycles. The highest BCUT2D eigenvalue weighted by Gasteiger charge is 2.06. The third kappa shape index (κ3) is 3.95. The second-order valence-corrected chi connectivity index (χ2v) is 3.74. The van der Waals surface area contributed by atoms with Crippen LogP contribution < -0.4 is 0 Å². The fraction of sp³-hybridized carbons (Fsp3) is 0.417. The fourth-order valence-electron chi connectivity index (χ4n) is 1.45. The zero-order valence-corrected chi connectivity index (χ0v) is 9.21. The lowest BCUT2D eigenvalue weighted by atomic mass is 10.2. The third-order valence-electron chi connectivity index (χ3n) is 2.28. The molecule has 0 aliphatic carbocycles. The van der Waals surface area contributed by atoms with Crippen LogP contribution in [0.5, 0.6) is 0 Å². The highest BCUT2D eigenvalue weighted by Crippen LogP contribution is 2.11. The maximum Gasteiger partial charge on any atom is 0.130 e. The summed E-state index contributed by atoms with van der Waals surface area (Å²) in [6, 6.07) is 5.64. The monoisotopic (exact) mass is 224 g/mol. The molecule has 0 atom stereocenters. The zero-order chi connectivity index (χ0) is 12.0. The van der Waals surface area contributed by atoms with Crippen LogP contribution in [-0.2, 0) is 6.54 Å². The van der Waals surface area contributed by atoms with Gasteiger partial charge >= 0.3 is 0 Å². The van der Waals surface area contributed by atoms with Crippen LogP contribution in [-0.4, -0.2) is 18.5 Å². The minimum absolute atomic E-state index is 0.428. The Bertz CT molecular complexity index is 385. The standard InChI is InChI=1S/C12H14F2N2/c1-16(7-3-2-6-15)9-10-4-5-11(13)8-12(10)14/h4-5,8H,2-3,7,9H2,1H3. The molecule has 0 unspecified atom stereocenters. The van der Waals surface area contributed by atoms with Gasteiger partial charge in [0, 0.05) is 24.6 Å². The van der Waals surface area contributed by atoms with Crippen molar-refractivity contribution in [1.82, 2.24) is 4.90 Å². The van der Waals surface area contributed by atoms with Gasteiger partial charge in [0.15, 0.2) is 0 Å². The maximum absolute atomic E-state index is 13.3. The Morgan fingerprint density at radius 1 is 1.38 bits per heavy atom. The van der Waals surface area contributed by atoms with Gasteiger partial charge in [-0.25, -0.2) is 8.78 Å². The third-order valence-corrected chi connectivity index (χ3v) is 2.28.